The molecule has 0 aromatic heterocycles. The van der Waals surface area contributed by atoms with E-state index >= 15 is 0 Å². The smallest absolute Gasteiger partial charge is 0.338 e. The number of hydrogen-bond acceptors (Lipinski definition) is 4. The second-order valence-electron chi connectivity index (χ2n) is 3.08. The fourth-order valence-electron chi connectivity index (χ4n) is 1.19. The monoisotopic (exact) mass is 254 g/mol. The minimum atomic E-state index is -0.513. The summed E-state index contributed by atoms with van der Waals surface area (Å²) in [6.45, 7) is 0. The number of ether oxygens (including phenoxy) is 2. The molecule has 1 aromatic carbocycles. The van der Waals surface area contributed by atoms with Gasteiger partial charge in [-0.3, -0.25) is 0 Å². The van der Waals surface area contributed by atoms with E-state index in [0.717, 1.165) is 0 Å². The molecule has 0 aliphatic carbocycles. The first-order chi connectivity index (χ1) is 8.08. The second-order valence-corrected chi connectivity index (χ2v) is 3.52. The molecule has 0 bridgehead atoms. The van der Waals surface area contributed by atoms with Crippen molar-refractivity contribution in [2.75, 3.05) is 14.2 Å². The van der Waals surface area contributed by atoms with Crippen molar-refractivity contribution < 1.29 is 19.1 Å². The predicted molar refractivity (Wildman–Crippen MR) is 63.8 cm³/mol. The molecule has 0 fully saturated rings. The van der Waals surface area contributed by atoms with Crippen molar-refractivity contribution in [1.82, 2.24) is 0 Å². The molecule has 0 saturated heterocycles. The van der Waals surface area contributed by atoms with Crippen LogP contribution < -0.4 is 0 Å². The molecule has 90 valence electrons. The molecule has 0 saturated carbocycles. The third-order valence-electron chi connectivity index (χ3n) is 2.02. The maximum atomic E-state index is 11.4. The van der Waals surface area contributed by atoms with Gasteiger partial charge in [0.1, 0.15) is 0 Å². The van der Waals surface area contributed by atoms with E-state index in [4.69, 9.17) is 11.6 Å². The number of carbonyl (C=O) groups is 2. The molecule has 0 amide bonds. The average molecular weight is 255 g/mol. The van der Waals surface area contributed by atoms with Crippen molar-refractivity contribution >= 4 is 29.6 Å². The van der Waals surface area contributed by atoms with E-state index in [1.165, 1.54) is 32.4 Å². The molecule has 0 spiro atoms. The Hall–Kier alpha value is -1.81. The van der Waals surface area contributed by atoms with Gasteiger partial charge in [0.2, 0.25) is 0 Å². The Labute approximate surface area is 104 Å². The van der Waals surface area contributed by atoms with Crippen LogP contribution in [0.3, 0.4) is 0 Å². The number of rotatable bonds is 3. The first-order valence-corrected chi connectivity index (χ1v) is 5.10. The SMILES string of the molecule is COC(=O)C=Cc1cc(Cl)ccc1C(=O)OC. The van der Waals surface area contributed by atoms with Crippen molar-refractivity contribution in [2.24, 2.45) is 0 Å². The van der Waals surface area contributed by atoms with E-state index < -0.39 is 11.9 Å². The normalized spacial score (nSPS) is 10.3. The van der Waals surface area contributed by atoms with Crippen LogP contribution >= 0.6 is 11.6 Å². The molecular weight excluding hydrogens is 244 g/mol. The van der Waals surface area contributed by atoms with Gasteiger partial charge in [0.25, 0.3) is 0 Å². The lowest BCUT2D eigenvalue weighted by Crippen LogP contribution is -2.03. The van der Waals surface area contributed by atoms with Crippen molar-refractivity contribution in [1.29, 1.82) is 0 Å². The number of methoxy groups -OCH3 is 2. The van der Waals surface area contributed by atoms with Crippen LogP contribution in [-0.2, 0) is 14.3 Å². The summed E-state index contributed by atoms with van der Waals surface area (Å²) in [6.07, 6.45) is 2.65. The number of carbonyl (C=O) groups excluding carboxylic acids is 2. The summed E-state index contributed by atoms with van der Waals surface area (Å²) in [4.78, 5) is 22.4. The van der Waals surface area contributed by atoms with Gasteiger partial charge in [-0.05, 0) is 29.8 Å². The lowest BCUT2D eigenvalue weighted by Gasteiger charge is -2.04. The maximum absolute atomic E-state index is 11.4. The van der Waals surface area contributed by atoms with Crippen molar-refractivity contribution in [3.63, 3.8) is 0 Å². The van der Waals surface area contributed by atoms with E-state index in [1.807, 2.05) is 0 Å². The molecule has 0 atom stereocenters. The molecule has 4 nitrogen and oxygen atoms in total. The minimum absolute atomic E-state index is 0.331. The summed E-state index contributed by atoms with van der Waals surface area (Å²) < 4.78 is 9.07. The van der Waals surface area contributed by atoms with Gasteiger partial charge in [-0.2, -0.15) is 0 Å². The van der Waals surface area contributed by atoms with E-state index in [1.54, 1.807) is 12.1 Å². The first-order valence-electron chi connectivity index (χ1n) is 4.72. The lowest BCUT2D eigenvalue weighted by molar-refractivity contribution is -0.134. The van der Waals surface area contributed by atoms with Gasteiger partial charge in [0, 0.05) is 11.1 Å². The van der Waals surface area contributed by atoms with Gasteiger partial charge in [-0.25, -0.2) is 9.59 Å². The van der Waals surface area contributed by atoms with E-state index in [2.05, 4.69) is 9.47 Å². The number of hydrogen-bond donors (Lipinski definition) is 0. The predicted octanol–water partition coefficient (Wildman–Crippen LogP) is 2.31. The van der Waals surface area contributed by atoms with Crippen LogP contribution in [0.4, 0.5) is 0 Å². The molecule has 0 unspecified atom stereocenters. The molecule has 0 heterocycles. The maximum Gasteiger partial charge on any atom is 0.338 e. The van der Waals surface area contributed by atoms with Gasteiger partial charge in [-0.1, -0.05) is 11.6 Å². The highest BCUT2D eigenvalue weighted by molar-refractivity contribution is 6.30. The van der Waals surface area contributed by atoms with Crippen LogP contribution in [0.1, 0.15) is 15.9 Å². The Kier molecular flexibility index (Phi) is 4.72. The molecule has 5 heteroatoms. The van der Waals surface area contributed by atoms with Gasteiger partial charge in [0.15, 0.2) is 0 Å². The Morgan fingerprint density at radius 2 is 1.94 bits per heavy atom. The van der Waals surface area contributed by atoms with Crippen LogP contribution in [-0.4, -0.2) is 26.2 Å². The minimum Gasteiger partial charge on any atom is -0.466 e. The highest BCUT2D eigenvalue weighted by Crippen LogP contribution is 2.18. The molecule has 0 radical (unpaired) electrons. The summed E-state index contributed by atoms with van der Waals surface area (Å²) >= 11 is 5.81. The molecule has 0 aliphatic heterocycles. The fraction of sp³-hybridized carbons (Fsp3) is 0.167. The molecule has 17 heavy (non-hydrogen) atoms. The van der Waals surface area contributed by atoms with E-state index in [0.29, 0.717) is 16.1 Å². The highest BCUT2D eigenvalue weighted by atomic mass is 35.5. The zero-order valence-corrected chi connectivity index (χ0v) is 10.2. The van der Waals surface area contributed by atoms with Gasteiger partial charge < -0.3 is 9.47 Å². The Morgan fingerprint density at radius 1 is 1.24 bits per heavy atom. The summed E-state index contributed by atoms with van der Waals surface area (Å²) in [6, 6.07) is 4.67. The Morgan fingerprint density at radius 3 is 2.53 bits per heavy atom. The first kappa shape index (κ1) is 13.3. The van der Waals surface area contributed by atoms with Crippen LogP contribution in [0.5, 0.6) is 0 Å². The van der Waals surface area contributed by atoms with Crippen molar-refractivity contribution in [3.05, 3.63) is 40.4 Å². The summed E-state index contributed by atoms with van der Waals surface area (Å²) in [5, 5.41) is 0.460. The second kappa shape index (κ2) is 6.06. The molecule has 1 aromatic rings. The number of esters is 2. The average Bonchev–Trinajstić information content (AvgIpc) is 2.35. The zero-order valence-electron chi connectivity index (χ0n) is 9.40. The van der Waals surface area contributed by atoms with E-state index in [9.17, 15) is 9.59 Å². The summed E-state index contributed by atoms with van der Waals surface area (Å²) in [5.74, 6) is -1.01. The third kappa shape index (κ3) is 3.60. The number of halogens is 1. The molecule has 0 N–H and O–H groups in total. The summed E-state index contributed by atoms with van der Waals surface area (Å²) in [5.41, 5.74) is 0.826. The van der Waals surface area contributed by atoms with Crippen molar-refractivity contribution in [2.45, 2.75) is 0 Å². The standard InChI is InChI=1S/C12H11ClO4/c1-16-11(14)6-3-8-7-9(13)4-5-10(8)12(15)17-2/h3-7H,1-2H3. The quantitative estimate of drug-likeness (QED) is 0.614. The molecular formula is C12H11ClO4. The van der Waals surface area contributed by atoms with Crippen LogP contribution in [0.2, 0.25) is 5.02 Å². The van der Waals surface area contributed by atoms with Gasteiger partial charge >= 0.3 is 11.9 Å². The van der Waals surface area contributed by atoms with Gasteiger partial charge in [0.05, 0.1) is 19.8 Å². The van der Waals surface area contributed by atoms with Crippen molar-refractivity contribution in [3.8, 4) is 0 Å². The largest absolute Gasteiger partial charge is 0.466 e. The van der Waals surface area contributed by atoms with Gasteiger partial charge in [-0.15, -0.1) is 0 Å². The lowest BCUT2D eigenvalue weighted by atomic mass is 10.1. The van der Waals surface area contributed by atoms with Crippen LogP contribution in [0.25, 0.3) is 6.08 Å². The highest BCUT2D eigenvalue weighted by Gasteiger charge is 2.10. The zero-order chi connectivity index (χ0) is 12.8. The summed E-state index contributed by atoms with van der Waals surface area (Å²) in [7, 11) is 2.55. The fourth-order valence-corrected chi connectivity index (χ4v) is 1.37. The molecule has 0 aliphatic rings. The van der Waals surface area contributed by atoms with Crippen LogP contribution in [0.15, 0.2) is 24.3 Å². The van der Waals surface area contributed by atoms with E-state index in [-0.39, 0.29) is 0 Å². The van der Waals surface area contributed by atoms with Crippen LogP contribution in [0, 0.1) is 0 Å². The third-order valence-corrected chi connectivity index (χ3v) is 2.25. The Balaban J connectivity index is 3.11. The molecule has 1 rings (SSSR count). The number of benzene rings is 1. The Bertz CT molecular complexity index is 466. The topological polar surface area (TPSA) is 52.6 Å².